The third kappa shape index (κ3) is 3.98. The van der Waals surface area contributed by atoms with E-state index in [-0.39, 0.29) is 17.7 Å². The lowest BCUT2D eigenvalue weighted by atomic mass is 9.80. The number of ether oxygens (including phenoxy) is 2. The van der Waals surface area contributed by atoms with E-state index in [4.69, 9.17) is 9.47 Å². The van der Waals surface area contributed by atoms with Crippen LogP contribution in [0.5, 0.6) is 0 Å². The van der Waals surface area contributed by atoms with Gasteiger partial charge in [-0.05, 0) is 61.3 Å². The van der Waals surface area contributed by atoms with E-state index < -0.39 is 23.7 Å². The lowest BCUT2D eigenvalue weighted by Crippen LogP contribution is -2.32. The van der Waals surface area contributed by atoms with Gasteiger partial charge >= 0.3 is 11.9 Å². The molecule has 0 radical (unpaired) electrons. The highest BCUT2D eigenvalue weighted by Crippen LogP contribution is 2.40. The lowest BCUT2D eigenvalue weighted by Gasteiger charge is -2.30. The van der Waals surface area contributed by atoms with E-state index in [9.17, 15) is 14.0 Å². The zero-order valence-electron chi connectivity index (χ0n) is 15.1. The van der Waals surface area contributed by atoms with Crippen molar-refractivity contribution in [3.63, 3.8) is 0 Å². The van der Waals surface area contributed by atoms with Gasteiger partial charge in [-0.1, -0.05) is 6.07 Å². The Kier molecular flexibility index (Phi) is 6.58. The average Bonchev–Trinajstić information content (AvgIpc) is 2.57. The van der Waals surface area contributed by atoms with E-state index in [1.807, 2.05) is 0 Å². The minimum atomic E-state index is -0.716. The van der Waals surface area contributed by atoms with Gasteiger partial charge in [0.15, 0.2) is 0 Å². The van der Waals surface area contributed by atoms with Crippen molar-refractivity contribution in [3.8, 4) is 0 Å². The molecule has 1 aliphatic heterocycles. The lowest BCUT2D eigenvalue weighted by molar-refractivity contribution is -0.139. The maximum Gasteiger partial charge on any atom is 0.336 e. The first kappa shape index (κ1) is 20.2. The normalized spacial score (nSPS) is 15.0. The number of allylic oxidation sites excluding steroid dienone is 2. The molecule has 140 valence electrons. The molecular weight excluding hydrogens is 405 g/mol. The Morgan fingerprint density at radius 1 is 1.08 bits per heavy atom. The monoisotopic (exact) mass is 425 g/mol. The van der Waals surface area contributed by atoms with E-state index in [1.165, 1.54) is 6.07 Å². The van der Waals surface area contributed by atoms with Crippen LogP contribution in [0.15, 0.2) is 45.2 Å². The smallest absolute Gasteiger partial charge is 0.336 e. The van der Waals surface area contributed by atoms with Crippen LogP contribution in [0.3, 0.4) is 0 Å². The van der Waals surface area contributed by atoms with Crippen LogP contribution in [0.25, 0.3) is 0 Å². The Balaban J connectivity index is 2.66. The van der Waals surface area contributed by atoms with Gasteiger partial charge < -0.3 is 14.8 Å². The standard InChI is InChI=1S/C19H21BrFNO4/c1-5-25-18(23)15-10(3)22-11(4)16(19(24)26-6-2)17(15)12-7-8-14(21)13(20)9-12/h7-9,17,22H,5-6H2,1-4H3. The molecule has 0 saturated carbocycles. The number of rotatable bonds is 5. The quantitative estimate of drug-likeness (QED) is 0.723. The molecule has 0 aliphatic carbocycles. The fraction of sp³-hybridized carbons (Fsp3) is 0.368. The molecule has 0 aromatic heterocycles. The summed E-state index contributed by atoms with van der Waals surface area (Å²) in [7, 11) is 0. The van der Waals surface area contributed by atoms with Gasteiger partial charge in [0.1, 0.15) is 5.82 Å². The molecule has 2 rings (SSSR count). The predicted molar refractivity (Wildman–Crippen MR) is 98.6 cm³/mol. The number of halogens is 2. The fourth-order valence-electron chi connectivity index (χ4n) is 2.98. The Labute approximate surface area is 160 Å². The topological polar surface area (TPSA) is 64.6 Å². The molecular formula is C19H21BrFNO4. The maximum absolute atomic E-state index is 13.7. The number of carbonyl (C=O) groups excluding carboxylic acids is 2. The second kappa shape index (κ2) is 8.49. The number of esters is 2. The highest BCUT2D eigenvalue weighted by atomic mass is 79.9. The number of hydrogen-bond acceptors (Lipinski definition) is 5. The Hall–Kier alpha value is -2.15. The summed E-state index contributed by atoms with van der Waals surface area (Å²) in [6.45, 7) is 7.30. The summed E-state index contributed by atoms with van der Waals surface area (Å²) < 4.78 is 24.3. The Morgan fingerprint density at radius 2 is 1.58 bits per heavy atom. The molecule has 0 saturated heterocycles. The molecule has 0 bridgehead atoms. The van der Waals surface area contributed by atoms with Gasteiger partial charge in [0.25, 0.3) is 0 Å². The molecule has 26 heavy (non-hydrogen) atoms. The van der Waals surface area contributed by atoms with Crippen LogP contribution >= 0.6 is 15.9 Å². The number of benzene rings is 1. The van der Waals surface area contributed by atoms with E-state index in [2.05, 4.69) is 21.2 Å². The average molecular weight is 426 g/mol. The molecule has 0 amide bonds. The summed E-state index contributed by atoms with van der Waals surface area (Å²) in [5, 5.41) is 3.06. The van der Waals surface area contributed by atoms with Crippen molar-refractivity contribution in [3.05, 3.63) is 56.6 Å². The third-order valence-electron chi connectivity index (χ3n) is 4.03. The van der Waals surface area contributed by atoms with Gasteiger partial charge in [-0.2, -0.15) is 0 Å². The van der Waals surface area contributed by atoms with E-state index >= 15 is 0 Å². The maximum atomic E-state index is 13.7. The Bertz CT molecular complexity index is 761. The van der Waals surface area contributed by atoms with Gasteiger partial charge in [0.2, 0.25) is 0 Å². The first-order valence-electron chi connectivity index (χ1n) is 8.29. The van der Waals surface area contributed by atoms with Crippen molar-refractivity contribution in [1.29, 1.82) is 0 Å². The van der Waals surface area contributed by atoms with Crippen LogP contribution in [0, 0.1) is 5.82 Å². The first-order chi connectivity index (χ1) is 12.3. The van der Waals surface area contributed by atoms with Crippen LogP contribution in [-0.2, 0) is 19.1 Å². The van der Waals surface area contributed by atoms with E-state index in [0.29, 0.717) is 28.1 Å². The number of carbonyl (C=O) groups is 2. The summed E-state index contributed by atoms with van der Waals surface area (Å²) in [5.41, 5.74) is 2.36. The molecule has 0 spiro atoms. The van der Waals surface area contributed by atoms with Crippen LogP contribution in [0.4, 0.5) is 4.39 Å². The van der Waals surface area contributed by atoms with Crippen LogP contribution < -0.4 is 5.32 Å². The Morgan fingerprint density at radius 3 is 2.00 bits per heavy atom. The second-order valence-electron chi connectivity index (χ2n) is 5.75. The van der Waals surface area contributed by atoms with Crippen molar-refractivity contribution < 1.29 is 23.5 Å². The minimum absolute atomic E-state index is 0.201. The zero-order valence-corrected chi connectivity index (χ0v) is 16.7. The summed E-state index contributed by atoms with van der Waals surface area (Å²) in [5.74, 6) is -2.21. The fourth-order valence-corrected chi connectivity index (χ4v) is 3.37. The molecule has 5 nitrogen and oxygen atoms in total. The van der Waals surface area contributed by atoms with Gasteiger partial charge in [-0.25, -0.2) is 14.0 Å². The number of hydrogen-bond donors (Lipinski definition) is 1. The van der Waals surface area contributed by atoms with Crippen molar-refractivity contribution in [2.75, 3.05) is 13.2 Å². The van der Waals surface area contributed by atoms with E-state index in [1.54, 1.807) is 39.8 Å². The predicted octanol–water partition coefficient (Wildman–Crippen LogP) is 3.95. The van der Waals surface area contributed by atoms with Crippen LogP contribution in [0.1, 0.15) is 39.2 Å². The van der Waals surface area contributed by atoms with Crippen LogP contribution in [0.2, 0.25) is 0 Å². The SMILES string of the molecule is CCOC(=O)C1=C(C)NC(C)=C(C(=O)OCC)C1c1ccc(F)c(Br)c1. The molecule has 1 heterocycles. The number of nitrogens with one attached hydrogen (secondary N) is 1. The molecule has 1 N–H and O–H groups in total. The number of dihydropyridines is 1. The molecule has 7 heteroatoms. The summed E-state index contributed by atoms with van der Waals surface area (Å²) >= 11 is 3.16. The van der Waals surface area contributed by atoms with Crippen molar-refractivity contribution in [1.82, 2.24) is 5.32 Å². The largest absolute Gasteiger partial charge is 0.463 e. The molecule has 1 aliphatic rings. The molecule has 0 atom stereocenters. The highest BCUT2D eigenvalue weighted by molar-refractivity contribution is 9.10. The summed E-state index contributed by atoms with van der Waals surface area (Å²) in [6.07, 6.45) is 0. The molecule has 1 aromatic carbocycles. The van der Waals surface area contributed by atoms with Crippen molar-refractivity contribution in [2.24, 2.45) is 0 Å². The summed E-state index contributed by atoms with van der Waals surface area (Å²) in [6, 6.07) is 4.40. The van der Waals surface area contributed by atoms with Crippen LogP contribution in [-0.4, -0.2) is 25.2 Å². The molecule has 0 unspecified atom stereocenters. The van der Waals surface area contributed by atoms with Crippen molar-refractivity contribution in [2.45, 2.75) is 33.6 Å². The van der Waals surface area contributed by atoms with E-state index in [0.717, 1.165) is 0 Å². The van der Waals surface area contributed by atoms with Gasteiger partial charge in [-0.15, -0.1) is 0 Å². The van der Waals surface area contributed by atoms with Gasteiger partial charge in [-0.3, -0.25) is 0 Å². The zero-order chi connectivity index (χ0) is 19.4. The third-order valence-corrected chi connectivity index (χ3v) is 4.64. The first-order valence-corrected chi connectivity index (χ1v) is 9.08. The second-order valence-corrected chi connectivity index (χ2v) is 6.60. The van der Waals surface area contributed by atoms with Gasteiger partial charge in [0, 0.05) is 11.4 Å². The minimum Gasteiger partial charge on any atom is -0.463 e. The van der Waals surface area contributed by atoms with Crippen molar-refractivity contribution >= 4 is 27.9 Å². The molecule has 0 fully saturated rings. The summed E-state index contributed by atoms with van der Waals surface area (Å²) in [4.78, 5) is 25.2. The van der Waals surface area contributed by atoms with Gasteiger partial charge in [0.05, 0.1) is 34.8 Å². The highest BCUT2D eigenvalue weighted by Gasteiger charge is 2.38. The molecule has 1 aromatic rings.